The van der Waals surface area contributed by atoms with E-state index in [9.17, 15) is 0 Å². The van der Waals surface area contributed by atoms with Gasteiger partial charge in [-0.3, -0.25) is 0 Å². The van der Waals surface area contributed by atoms with Gasteiger partial charge in [-0.2, -0.15) is 0 Å². The topological polar surface area (TPSA) is 43.8 Å². The molecule has 0 aliphatic heterocycles. The van der Waals surface area contributed by atoms with Crippen LogP contribution in [0.5, 0.6) is 0 Å². The summed E-state index contributed by atoms with van der Waals surface area (Å²) in [5.41, 5.74) is 9.42. The number of nitrogen functional groups attached to an aromatic ring is 1. The molecule has 2 N–H and O–H groups in total. The zero-order valence-corrected chi connectivity index (χ0v) is 10.3. The molecule has 3 rings (SSSR count). The van der Waals surface area contributed by atoms with E-state index in [0.29, 0.717) is 5.95 Å². The standard InChI is InChI=1S/C14H19N3/c1-10-4-7-13-12(9-10)16-14(15)17(13)8-2-3-11-5-6-11/h4,7,9,11H,2-3,5-6,8H2,1H3,(H2,15,16). The molecular weight excluding hydrogens is 210 g/mol. The monoisotopic (exact) mass is 229 g/mol. The minimum Gasteiger partial charge on any atom is -0.369 e. The molecular formula is C14H19N3. The molecule has 1 heterocycles. The molecule has 3 heteroatoms. The summed E-state index contributed by atoms with van der Waals surface area (Å²) in [6.07, 6.45) is 5.41. The van der Waals surface area contributed by atoms with Gasteiger partial charge in [0, 0.05) is 6.54 Å². The van der Waals surface area contributed by atoms with Crippen LogP contribution in [0.15, 0.2) is 18.2 Å². The molecule has 0 spiro atoms. The van der Waals surface area contributed by atoms with Crippen molar-refractivity contribution < 1.29 is 0 Å². The molecule has 2 aromatic rings. The van der Waals surface area contributed by atoms with Crippen molar-refractivity contribution in [3.63, 3.8) is 0 Å². The number of aromatic nitrogens is 2. The summed E-state index contributed by atoms with van der Waals surface area (Å²) < 4.78 is 2.15. The number of hydrogen-bond acceptors (Lipinski definition) is 2. The molecule has 17 heavy (non-hydrogen) atoms. The van der Waals surface area contributed by atoms with E-state index >= 15 is 0 Å². The molecule has 1 aliphatic carbocycles. The summed E-state index contributed by atoms with van der Waals surface area (Å²) in [6.45, 7) is 3.09. The van der Waals surface area contributed by atoms with Crippen molar-refractivity contribution >= 4 is 17.0 Å². The van der Waals surface area contributed by atoms with Crippen LogP contribution in [0.1, 0.15) is 31.2 Å². The second-order valence-electron chi connectivity index (χ2n) is 5.20. The van der Waals surface area contributed by atoms with E-state index in [2.05, 4.69) is 34.7 Å². The molecule has 0 amide bonds. The largest absolute Gasteiger partial charge is 0.369 e. The van der Waals surface area contributed by atoms with Gasteiger partial charge < -0.3 is 10.3 Å². The van der Waals surface area contributed by atoms with Gasteiger partial charge in [0.25, 0.3) is 0 Å². The van der Waals surface area contributed by atoms with E-state index in [1.165, 1.54) is 36.8 Å². The number of rotatable bonds is 4. The molecule has 90 valence electrons. The maximum absolute atomic E-state index is 5.99. The van der Waals surface area contributed by atoms with Crippen LogP contribution in [0.2, 0.25) is 0 Å². The third-order valence-corrected chi connectivity index (χ3v) is 3.62. The first-order valence-electron chi connectivity index (χ1n) is 6.46. The lowest BCUT2D eigenvalue weighted by molar-refractivity contribution is 0.590. The average molecular weight is 229 g/mol. The van der Waals surface area contributed by atoms with Gasteiger partial charge >= 0.3 is 0 Å². The molecule has 1 aromatic heterocycles. The Bertz CT molecular complexity index is 538. The van der Waals surface area contributed by atoms with Gasteiger partial charge in [-0.15, -0.1) is 0 Å². The minimum atomic E-state index is 0.654. The average Bonchev–Trinajstić information content (AvgIpc) is 3.04. The number of anilines is 1. The fraction of sp³-hybridized carbons (Fsp3) is 0.500. The van der Waals surface area contributed by atoms with Gasteiger partial charge in [-0.1, -0.05) is 18.9 Å². The van der Waals surface area contributed by atoms with Crippen LogP contribution in [-0.4, -0.2) is 9.55 Å². The van der Waals surface area contributed by atoms with E-state index < -0.39 is 0 Å². The van der Waals surface area contributed by atoms with Crippen molar-refractivity contribution in [2.24, 2.45) is 5.92 Å². The molecule has 0 radical (unpaired) electrons. The number of fused-ring (bicyclic) bond motifs is 1. The van der Waals surface area contributed by atoms with Crippen molar-refractivity contribution in [1.82, 2.24) is 9.55 Å². The molecule has 1 saturated carbocycles. The number of imidazole rings is 1. The van der Waals surface area contributed by atoms with Crippen molar-refractivity contribution in [2.45, 2.75) is 39.2 Å². The SMILES string of the molecule is Cc1ccc2c(c1)nc(N)n2CCCC1CC1. The zero-order chi connectivity index (χ0) is 11.8. The Hall–Kier alpha value is -1.51. The number of benzene rings is 1. The first kappa shape index (κ1) is 10.6. The number of aryl methyl sites for hydroxylation is 2. The van der Waals surface area contributed by atoms with Gasteiger partial charge in [0.2, 0.25) is 5.95 Å². The Morgan fingerprint density at radius 1 is 1.41 bits per heavy atom. The van der Waals surface area contributed by atoms with E-state index in [1.807, 2.05) is 0 Å². The zero-order valence-electron chi connectivity index (χ0n) is 10.3. The van der Waals surface area contributed by atoms with Gasteiger partial charge in [0.1, 0.15) is 0 Å². The predicted octanol–water partition coefficient (Wildman–Crippen LogP) is 3.12. The second-order valence-corrected chi connectivity index (χ2v) is 5.20. The van der Waals surface area contributed by atoms with Crippen molar-refractivity contribution in [2.75, 3.05) is 5.73 Å². The van der Waals surface area contributed by atoms with Crippen LogP contribution in [0.4, 0.5) is 5.95 Å². The molecule has 1 fully saturated rings. The number of hydrogen-bond donors (Lipinski definition) is 1. The Morgan fingerprint density at radius 3 is 3.00 bits per heavy atom. The Balaban J connectivity index is 1.83. The fourth-order valence-electron chi connectivity index (χ4n) is 2.44. The van der Waals surface area contributed by atoms with E-state index in [-0.39, 0.29) is 0 Å². The van der Waals surface area contributed by atoms with E-state index in [4.69, 9.17) is 5.73 Å². The first-order valence-corrected chi connectivity index (χ1v) is 6.46. The maximum Gasteiger partial charge on any atom is 0.201 e. The third kappa shape index (κ3) is 2.14. The third-order valence-electron chi connectivity index (χ3n) is 3.62. The molecule has 0 saturated heterocycles. The highest BCUT2D eigenvalue weighted by Crippen LogP contribution is 2.33. The summed E-state index contributed by atoms with van der Waals surface area (Å²) in [7, 11) is 0. The first-order chi connectivity index (χ1) is 8.24. The van der Waals surface area contributed by atoms with Crippen LogP contribution >= 0.6 is 0 Å². The Kier molecular flexibility index (Phi) is 2.54. The van der Waals surface area contributed by atoms with Crippen molar-refractivity contribution in [3.05, 3.63) is 23.8 Å². The van der Waals surface area contributed by atoms with Gasteiger partial charge in [0.15, 0.2) is 0 Å². The molecule has 0 bridgehead atoms. The van der Waals surface area contributed by atoms with Crippen LogP contribution in [-0.2, 0) is 6.54 Å². The van der Waals surface area contributed by atoms with Crippen LogP contribution in [0.25, 0.3) is 11.0 Å². The molecule has 3 nitrogen and oxygen atoms in total. The lowest BCUT2D eigenvalue weighted by Crippen LogP contribution is -2.03. The minimum absolute atomic E-state index is 0.654. The summed E-state index contributed by atoms with van der Waals surface area (Å²) in [6, 6.07) is 6.36. The summed E-state index contributed by atoms with van der Waals surface area (Å²) in [4.78, 5) is 4.43. The highest BCUT2D eigenvalue weighted by Gasteiger charge is 2.20. The van der Waals surface area contributed by atoms with Gasteiger partial charge in [-0.05, 0) is 43.4 Å². The Labute approximate surface area is 102 Å². The van der Waals surface area contributed by atoms with Crippen LogP contribution < -0.4 is 5.73 Å². The van der Waals surface area contributed by atoms with Gasteiger partial charge in [0.05, 0.1) is 11.0 Å². The van der Waals surface area contributed by atoms with Crippen LogP contribution in [0.3, 0.4) is 0 Å². The summed E-state index contributed by atoms with van der Waals surface area (Å²) >= 11 is 0. The molecule has 1 aromatic carbocycles. The summed E-state index contributed by atoms with van der Waals surface area (Å²) in [5, 5.41) is 0. The number of nitrogens with zero attached hydrogens (tertiary/aromatic N) is 2. The molecule has 1 aliphatic rings. The summed E-state index contributed by atoms with van der Waals surface area (Å²) in [5.74, 6) is 1.65. The molecule has 0 atom stereocenters. The highest BCUT2D eigenvalue weighted by atomic mass is 15.1. The van der Waals surface area contributed by atoms with Crippen molar-refractivity contribution in [3.8, 4) is 0 Å². The quantitative estimate of drug-likeness (QED) is 0.875. The maximum atomic E-state index is 5.99. The fourth-order valence-corrected chi connectivity index (χ4v) is 2.44. The van der Waals surface area contributed by atoms with Crippen molar-refractivity contribution in [1.29, 1.82) is 0 Å². The number of nitrogens with two attached hydrogens (primary N) is 1. The van der Waals surface area contributed by atoms with Crippen LogP contribution in [0, 0.1) is 12.8 Å². The second kappa shape index (κ2) is 4.06. The van der Waals surface area contributed by atoms with E-state index in [1.54, 1.807) is 0 Å². The normalized spacial score (nSPS) is 15.6. The predicted molar refractivity (Wildman–Crippen MR) is 70.8 cm³/mol. The lowest BCUT2D eigenvalue weighted by atomic mass is 10.2. The lowest BCUT2D eigenvalue weighted by Gasteiger charge is -2.05. The van der Waals surface area contributed by atoms with Gasteiger partial charge in [-0.25, -0.2) is 4.98 Å². The van der Waals surface area contributed by atoms with E-state index in [0.717, 1.165) is 18.0 Å². The molecule has 0 unspecified atom stereocenters. The smallest absolute Gasteiger partial charge is 0.201 e. The Morgan fingerprint density at radius 2 is 2.24 bits per heavy atom. The highest BCUT2D eigenvalue weighted by molar-refractivity contribution is 5.79.